The number of esters is 1. The third-order valence-corrected chi connectivity index (χ3v) is 2.93. The Labute approximate surface area is 126 Å². The summed E-state index contributed by atoms with van der Waals surface area (Å²) in [5.74, 6) is -0.709. The van der Waals surface area contributed by atoms with Gasteiger partial charge in [-0.1, -0.05) is 11.6 Å². The number of hydrogen-bond acceptors (Lipinski definition) is 4. The molecule has 2 rings (SSSR count). The molecule has 1 amide bonds. The van der Waals surface area contributed by atoms with E-state index in [1.807, 2.05) is 6.92 Å². The molecule has 0 saturated carbocycles. The summed E-state index contributed by atoms with van der Waals surface area (Å²) in [4.78, 5) is 23.2. The van der Waals surface area contributed by atoms with Crippen LogP contribution in [-0.2, 0) is 16.1 Å². The molecular weight excluding hydrogens is 294 g/mol. The average molecular weight is 308 g/mol. The maximum Gasteiger partial charge on any atom is 0.327 e. The van der Waals surface area contributed by atoms with E-state index in [9.17, 15) is 9.59 Å². The van der Waals surface area contributed by atoms with Gasteiger partial charge in [0.15, 0.2) is 0 Å². The number of hydrogen-bond donors (Lipinski definition) is 1. The first-order valence-electron chi connectivity index (χ1n) is 6.16. The zero-order valence-electron chi connectivity index (χ0n) is 11.6. The fraction of sp³-hybridized carbons (Fsp3) is 0.214. The van der Waals surface area contributed by atoms with Crippen molar-refractivity contribution >= 4 is 29.2 Å². The molecule has 21 heavy (non-hydrogen) atoms. The van der Waals surface area contributed by atoms with Crippen molar-refractivity contribution in [1.29, 1.82) is 0 Å². The van der Waals surface area contributed by atoms with E-state index in [-0.39, 0.29) is 12.5 Å². The third-order valence-electron chi connectivity index (χ3n) is 2.71. The van der Waals surface area contributed by atoms with Gasteiger partial charge >= 0.3 is 5.97 Å². The van der Waals surface area contributed by atoms with Gasteiger partial charge in [0.1, 0.15) is 6.54 Å². The summed E-state index contributed by atoms with van der Waals surface area (Å²) in [6, 6.07) is 5.09. The van der Waals surface area contributed by atoms with Gasteiger partial charge in [-0.15, -0.1) is 0 Å². The van der Waals surface area contributed by atoms with Gasteiger partial charge in [0.2, 0.25) is 0 Å². The smallest absolute Gasteiger partial charge is 0.327 e. The van der Waals surface area contributed by atoms with Crippen LogP contribution in [0.4, 0.5) is 5.69 Å². The summed E-state index contributed by atoms with van der Waals surface area (Å²) in [7, 11) is 1.30. The van der Waals surface area contributed by atoms with Crippen molar-refractivity contribution in [2.24, 2.45) is 0 Å². The Morgan fingerprint density at radius 3 is 2.81 bits per heavy atom. The van der Waals surface area contributed by atoms with Gasteiger partial charge in [-0.25, -0.2) is 0 Å². The normalized spacial score (nSPS) is 10.2. The van der Waals surface area contributed by atoms with Crippen LogP contribution < -0.4 is 5.32 Å². The lowest BCUT2D eigenvalue weighted by Crippen LogP contribution is -2.13. The predicted octanol–water partition coefficient (Wildman–Crippen LogP) is 2.27. The van der Waals surface area contributed by atoms with Gasteiger partial charge in [0.25, 0.3) is 5.91 Å². The number of nitrogens with zero attached hydrogens (tertiary/aromatic N) is 2. The first-order valence-corrected chi connectivity index (χ1v) is 6.53. The number of amides is 1. The molecule has 0 radical (unpaired) electrons. The Morgan fingerprint density at radius 2 is 2.14 bits per heavy atom. The van der Waals surface area contributed by atoms with Crippen molar-refractivity contribution in [3.63, 3.8) is 0 Å². The van der Waals surface area contributed by atoms with Crippen LogP contribution in [0.5, 0.6) is 0 Å². The highest BCUT2D eigenvalue weighted by atomic mass is 35.5. The molecule has 6 nitrogen and oxygen atoms in total. The first-order chi connectivity index (χ1) is 9.97. The van der Waals surface area contributed by atoms with E-state index in [2.05, 4.69) is 15.2 Å². The van der Waals surface area contributed by atoms with E-state index in [0.29, 0.717) is 16.3 Å². The van der Waals surface area contributed by atoms with Gasteiger partial charge in [-0.2, -0.15) is 5.10 Å². The second-order valence-electron chi connectivity index (χ2n) is 4.47. The fourth-order valence-electron chi connectivity index (χ4n) is 1.78. The average Bonchev–Trinajstić information content (AvgIpc) is 2.84. The zero-order valence-corrected chi connectivity index (χ0v) is 12.3. The number of methoxy groups -OCH3 is 1. The maximum absolute atomic E-state index is 12.1. The van der Waals surface area contributed by atoms with Crippen LogP contribution in [0.1, 0.15) is 15.9 Å². The minimum absolute atomic E-state index is 0.0113. The molecule has 0 aliphatic rings. The number of carbonyl (C=O) groups excluding carboxylic acids is 2. The number of anilines is 1. The number of nitrogens with one attached hydrogen (secondary N) is 1. The number of benzene rings is 1. The lowest BCUT2D eigenvalue weighted by atomic mass is 10.1. The summed E-state index contributed by atoms with van der Waals surface area (Å²) in [5.41, 5.74) is 1.84. The summed E-state index contributed by atoms with van der Waals surface area (Å²) < 4.78 is 5.92. The topological polar surface area (TPSA) is 73.2 Å². The first kappa shape index (κ1) is 15.1. The third kappa shape index (κ3) is 4.06. The van der Waals surface area contributed by atoms with Gasteiger partial charge in [0, 0.05) is 16.8 Å². The molecule has 7 heteroatoms. The number of aromatic nitrogens is 2. The van der Waals surface area contributed by atoms with Gasteiger partial charge < -0.3 is 10.1 Å². The Morgan fingerprint density at radius 1 is 1.38 bits per heavy atom. The molecule has 0 saturated heterocycles. The standard InChI is InChI=1S/C14H14ClN3O3/c1-9-3-10(5-11(15)4-9)14(20)17-12-6-16-18(7-12)8-13(19)21-2/h3-7H,8H2,1-2H3,(H,17,20). The van der Waals surface area contributed by atoms with Gasteiger partial charge in [-0.05, 0) is 30.7 Å². The Hall–Kier alpha value is -2.34. The van der Waals surface area contributed by atoms with E-state index in [1.165, 1.54) is 18.0 Å². The van der Waals surface area contributed by atoms with Crippen LogP contribution in [0.2, 0.25) is 5.02 Å². The highest BCUT2D eigenvalue weighted by Gasteiger charge is 2.10. The molecule has 0 bridgehead atoms. The van der Waals surface area contributed by atoms with E-state index >= 15 is 0 Å². The molecule has 1 heterocycles. The Balaban J connectivity index is 2.07. The monoisotopic (exact) mass is 307 g/mol. The van der Waals surface area contributed by atoms with Crippen LogP contribution in [0.15, 0.2) is 30.6 Å². The molecule has 1 N–H and O–H groups in total. The van der Waals surface area contributed by atoms with Crippen LogP contribution >= 0.6 is 11.6 Å². The number of carbonyl (C=O) groups is 2. The van der Waals surface area contributed by atoms with E-state index < -0.39 is 5.97 Å². The van der Waals surface area contributed by atoms with Gasteiger partial charge in [0.05, 0.1) is 19.0 Å². The quantitative estimate of drug-likeness (QED) is 0.879. The van der Waals surface area contributed by atoms with Gasteiger partial charge in [-0.3, -0.25) is 14.3 Å². The minimum Gasteiger partial charge on any atom is -0.468 e. The Kier molecular flexibility index (Phi) is 4.59. The molecule has 0 spiro atoms. The molecule has 1 aromatic heterocycles. The SMILES string of the molecule is COC(=O)Cn1cc(NC(=O)c2cc(C)cc(Cl)c2)cn1. The molecule has 0 aliphatic heterocycles. The number of aryl methyl sites for hydroxylation is 1. The van der Waals surface area contributed by atoms with Crippen molar-refractivity contribution in [3.8, 4) is 0 Å². The molecule has 2 aromatic rings. The molecule has 110 valence electrons. The zero-order chi connectivity index (χ0) is 15.4. The number of ether oxygens (including phenoxy) is 1. The summed E-state index contributed by atoms with van der Waals surface area (Å²) >= 11 is 5.93. The van der Waals surface area contributed by atoms with Crippen molar-refractivity contribution < 1.29 is 14.3 Å². The highest BCUT2D eigenvalue weighted by Crippen LogP contribution is 2.16. The molecule has 0 atom stereocenters. The van der Waals surface area contributed by atoms with E-state index in [1.54, 1.807) is 24.4 Å². The molecule has 0 unspecified atom stereocenters. The van der Waals surface area contributed by atoms with Crippen LogP contribution in [0, 0.1) is 6.92 Å². The van der Waals surface area contributed by atoms with Crippen molar-refractivity contribution in [3.05, 3.63) is 46.7 Å². The summed E-state index contributed by atoms with van der Waals surface area (Å²) in [6.45, 7) is 1.85. The molecular formula is C14H14ClN3O3. The van der Waals surface area contributed by atoms with Crippen molar-refractivity contribution in [1.82, 2.24) is 9.78 Å². The number of rotatable bonds is 4. The van der Waals surface area contributed by atoms with Crippen LogP contribution in [-0.4, -0.2) is 28.8 Å². The lowest BCUT2D eigenvalue weighted by molar-refractivity contribution is -0.141. The second kappa shape index (κ2) is 6.41. The highest BCUT2D eigenvalue weighted by molar-refractivity contribution is 6.31. The number of halogens is 1. The predicted molar refractivity (Wildman–Crippen MR) is 78.4 cm³/mol. The summed E-state index contributed by atoms with van der Waals surface area (Å²) in [6.07, 6.45) is 3.00. The lowest BCUT2D eigenvalue weighted by Gasteiger charge is -2.04. The summed E-state index contributed by atoms with van der Waals surface area (Å²) in [5, 5.41) is 7.15. The van der Waals surface area contributed by atoms with Crippen molar-refractivity contribution in [2.75, 3.05) is 12.4 Å². The Bertz CT molecular complexity index is 662. The molecule has 1 aromatic carbocycles. The fourth-order valence-corrected chi connectivity index (χ4v) is 2.07. The van der Waals surface area contributed by atoms with E-state index in [4.69, 9.17) is 11.6 Å². The van der Waals surface area contributed by atoms with Crippen LogP contribution in [0.3, 0.4) is 0 Å². The maximum atomic E-state index is 12.1. The molecule has 0 fully saturated rings. The van der Waals surface area contributed by atoms with Crippen molar-refractivity contribution in [2.45, 2.75) is 13.5 Å². The molecule has 0 aliphatic carbocycles. The minimum atomic E-state index is -0.415. The van der Waals surface area contributed by atoms with Crippen LogP contribution in [0.25, 0.3) is 0 Å². The van der Waals surface area contributed by atoms with E-state index in [0.717, 1.165) is 5.56 Å². The largest absolute Gasteiger partial charge is 0.468 e. The second-order valence-corrected chi connectivity index (χ2v) is 4.91.